The Morgan fingerprint density at radius 1 is 1.12 bits per heavy atom. The Morgan fingerprint density at radius 3 is 2.40 bits per heavy atom. The Kier molecular flexibility index (Phi) is 5.89. The molecule has 0 saturated carbocycles. The molecule has 5 heteroatoms. The minimum Gasteiger partial charge on any atom is -0.343 e. The fourth-order valence-electron chi connectivity index (χ4n) is 3.66. The molecule has 0 radical (unpaired) electrons. The highest BCUT2D eigenvalue weighted by atomic mass is 32.1. The van der Waals surface area contributed by atoms with Gasteiger partial charge in [0.1, 0.15) is 32.2 Å². The van der Waals surface area contributed by atoms with Gasteiger partial charge < -0.3 is 15.1 Å². The molecule has 1 aromatic heterocycles. The number of aryl methyl sites for hydroxylation is 1. The first-order chi connectivity index (χ1) is 12.0. The quantitative estimate of drug-likeness (QED) is 0.707. The summed E-state index contributed by atoms with van der Waals surface area (Å²) in [6.07, 6.45) is 0. The molecule has 1 saturated heterocycles. The summed E-state index contributed by atoms with van der Waals surface area (Å²) < 4.78 is 0. The number of piperazine rings is 1. The van der Waals surface area contributed by atoms with Gasteiger partial charge in [-0.25, -0.2) is 0 Å². The molecule has 0 unspecified atom stereocenters. The van der Waals surface area contributed by atoms with Crippen LogP contribution in [0.2, 0.25) is 0 Å². The highest BCUT2D eigenvalue weighted by Gasteiger charge is 2.34. The zero-order valence-electron chi connectivity index (χ0n) is 15.3. The Labute approximate surface area is 154 Å². The molecule has 1 amide bonds. The van der Waals surface area contributed by atoms with Crippen LogP contribution in [0.1, 0.15) is 33.8 Å². The van der Waals surface area contributed by atoms with Gasteiger partial charge in [-0.2, -0.15) is 0 Å². The molecule has 2 atom stereocenters. The molecule has 134 valence electrons. The van der Waals surface area contributed by atoms with Crippen LogP contribution >= 0.6 is 11.3 Å². The maximum atomic E-state index is 12.7. The van der Waals surface area contributed by atoms with Gasteiger partial charge in [-0.05, 0) is 37.4 Å². The standard InChI is InChI=1S/C20H27N3OS/c1-15-6-8-17(9-7-15)20(24)21-16(2)19(18-5-4-14-25-18)23-12-10-22(3)11-13-23/h4-9,14,16,19H,10-13H2,1-3H3,(H,21,24)/p+2/t16-,19+/m0/s1. The average Bonchev–Trinajstić information content (AvgIpc) is 3.11. The zero-order valence-corrected chi connectivity index (χ0v) is 16.2. The summed E-state index contributed by atoms with van der Waals surface area (Å²) in [7, 11) is 2.26. The monoisotopic (exact) mass is 359 g/mol. The second-order valence-corrected chi connectivity index (χ2v) is 8.22. The molecule has 0 spiro atoms. The molecular weight excluding hydrogens is 330 g/mol. The van der Waals surface area contributed by atoms with Gasteiger partial charge in [0.05, 0.1) is 18.0 Å². The third-order valence-electron chi connectivity index (χ3n) is 5.21. The molecule has 1 aliphatic heterocycles. The van der Waals surface area contributed by atoms with E-state index in [1.807, 2.05) is 31.2 Å². The summed E-state index contributed by atoms with van der Waals surface area (Å²) in [5.41, 5.74) is 1.91. The van der Waals surface area contributed by atoms with Crippen molar-refractivity contribution in [1.29, 1.82) is 0 Å². The van der Waals surface area contributed by atoms with Crippen molar-refractivity contribution < 1.29 is 14.6 Å². The summed E-state index contributed by atoms with van der Waals surface area (Å²) in [5.74, 6) is 0.0215. The molecule has 4 nitrogen and oxygen atoms in total. The van der Waals surface area contributed by atoms with E-state index in [0.717, 1.165) is 18.7 Å². The predicted octanol–water partition coefficient (Wildman–Crippen LogP) is 0.329. The number of hydrogen-bond donors (Lipinski definition) is 3. The van der Waals surface area contributed by atoms with E-state index in [4.69, 9.17) is 0 Å². The van der Waals surface area contributed by atoms with E-state index in [-0.39, 0.29) is 11.9 Å². The van der Waals surface area contributed by atoms with Crippen molar-refractivity contribution in [3.63, 3.8) is 0 Å². The van der Waals surface area contributed by atoms with E-state index in [2.05, 4.69) is 36.8 Å². The Hall–Kier alpha value is -1.69. The second kappa shape index (κ2) is 8.13. The topological polar surface area (TPSA) is 38.0 Å². The first kappa shape index (κ1) is 18.1. The Morgan fingerprint density at radius 2 is 1.80 bits per heavy atom. The summed E-state index contributed by atoms with van der Waals surface area (Å²) in [6.45, 7) is 8.87. The van der Waals surface area contributed by atoms with Crippen LogP contribution in [-0.2, 0) is 0 Å². The molecule has 0 aliphatic carbocycles. The Bertz CT molecular complexity index is 675. The lowest BCUT2D eigenvalue weighted by Gasteiger charge is -2.36. The molecule has 1 aliphatic rings. The van der Waals surface area contributed by atoms with Gasteiger partial charge in [0.25, 0.3) is 5.91 Å². The van der Waals surface area contributed by atoms with Crippen molar-refractivity contribution in [1.82, 2.24) is 5.32 Å². The van der Waals surface area contributed by atoms with E-state index >= 15 is 0 Å². The van der Waals surface area contributed by atoms with Crippen LogP contribution in [0.4, 0.5) is 0 Å². The highest BCUT2D eigenvalue weighted by Crippen LogP contribution is 2.20. The first-order valence-electron chi connectivity index (χ1n) is 9.11. The lowest BCUT2D eigenvalue weighted by Crippen LogP contribution is -3.27. The number of carbonyl (C=O) groups excluding carboxylic acids is 1. The van der Waals surface area contributed by atoms with Crippen LogP contribution < -0.4 is 15.1 Å². The average molecular weight is 360 g/mol. The van der Waals surface area contributed by atoms with Gasteiger partial charge in [-0.1, -0.05) is 23.8 Å². The van der Waals surface area contributed by atoms with E-state index in [0.29, 0.717) is 6.04 Å². The van der Waals surface area contributed by atoms with Crippen LogP contribution in [-0.4, -0.2) is 45.2 Å². The zero-order chi connectivity index (χ0) is 17.8. The van der Waals surface area contributed by atoms with E-state index in [1.54, 1.807) is 21.1 Å². The van der Waals surface area contributed by atoms with Crippen LogP contribution in [0.15, 0.2) is 41.8 Å². The molecular formula is C20H29N3OS+2. The molecule has 3 N–H and O–H groups in total. The summed E-state index contributed by atoms with van der Waals surface area (Å²) >= 11 is 1.80. The number of quaternary nitrogens is 2. The number of rotatable bonds is 5. The van der Waals surface area contributed by atoms with Crippen LogP contribution in [0, 0.1) is 6.92 Å². The van der Waals surface area contributed by atoms with Gasteiger partial charge in [0.2, 0.25) is 0 Å². The number of nitrogens with one attached hydrogen (secondary N) is 3. The minimum absolute atomic E-state index is 0.0215. The van der Waals surface area contributed by atoms with E-state index < -0.39 is 0 Å². The molecule has 25 heavy (non-hydrogen) atoms. The number of carbonyl (C=O) groups is 1. The summed E-state index contributed by atoms with van der Waals surface area (Å²) in [6, 6.07) is 12.5. The lowest BCUT2D eigenvalue weighted by atomic mass is 10.0. The Balaban J connectivity index is 1.74. The van der Waals surface area contributed by atoms with Crippen LogP contribution in [0.3, 0.4) is 0 Å². The third-order valence-corrected chi connectivity index (χ3v) is 6.16. The smallest absolute Gasteiger partial charge is 0.251 e. The van der Waals surface area contributed by atoms with Crippen molar-refractivity contribution in [3.8, 4) is 0 Å². The second-order valence-electron chi connectivity index (χ2n) is 7.24. The molecule has 2 heterocycles. The summed E-state index contributed by atoms with van der Waals surface area (Å²) in [5, 5.41) is 5.39. The summed E-state index contributed by atoms with van der Waals surface area (Å²) in [4.78, 5) is 17.2. The van der Waals surface area contributed by atoms with Gasteiger partial charge in [0, 0.05) is 5.56 Å². The van der Waals surface area contributed by atoms with Crippen LogP contribution in [0.25, 0.3) is 0 Å². The maximum Gasteiger partial charge on any atom is 0.251 e. The predicted molar refractivity (Wildman–Crippen MR) is 102 cm³/mol. The first-order valence-corrected chi connectivity index (χ1v) is 9.99. The molecule has 0 bridgehead atoms. The van der Waals surface area contributed by atoms with Crippen molar-refractivity contribution in [2.45, 2.75) is 25.9 Å². The fourth-order valence-corrected chi connectivity index (χ4v) is 4.65. The largest absolute Gasteiger partial charge is 0.343 e. The molecule has 3 rings (SSSR count). The number of hydrogen-bond acceptors (Lipinski definition) is 2. The van der Waals surface area contributed by atoms with E-state index in [9.17, 15) is 4.79 Å². The van der Waals surface area contributed by atoms with Gasteiger partial charge >= 0.3 is 0 Å². The number of likely N-dealkylation sites (N-methyl/N-ethyl adjacent to an activating group) is 1. The maximum absolute atomic E-state index is 12.7. The fraction of sp³-hybridized carbons (Fsp3) is 0.450. The number of thiophene rings is 1. The molecule has 2 aromatic rings. The normalized spacial score (nSPS) is 23.0. The number of amides is 1. The molecule has 1 fully saturated rings. The van der Waals surface area contributed by atoms with Crippen molar-refractivity contribution in [2.75, 3.05) is 33.2 Å². The molecule has 1 aromatic carbocycles. The SMILES string of the molecule is Cc1ccc(C(=O)N[C@@H](C)[C@H](c2cccs2)[NH+]2CC[NH+](C)CC2)cc1. The van der Waals surface area contributed by atoms with Gasteiger partial charge in [0.15, 0.2) is 0 Å². The number of benzene rings is 1. The van der Waals surface area contributed by atoms with Crippen molar-refractivity contribution in [3.05, 3.63) is 57.8 Å². The van der Waals surface area contributed by atoms with Crippen molar-refractivity contribution >= 4 is 17.2 Å². The van der Waals surface area contributed by atoms with E-state index in [1.165, 1.54) is 23.5 Å². The minimum atomic E-state index is 0.0215. The van der Waals surface area contributed by atoms with Crippen molar-refractivity contribution in [2.24, 2.45) is 0 Å². The van der Waals surface area contributed by atoms with Gasteiger partial charge in [-0.3, -0.25) is 4.79 Å². The lowest BCUT2D eigenvalue weighted by molar-refractivity contribution is -1.02. The van der Waals surface area contributed by atoms with Gasteiger partial charge in [-0.15, -0.1) is 11.3 Å². The van der Waals surface area contributed by atoms with Crippen LogP contribution in [0.5, 0.6) is 0 Å². The highest BCUT2D eigenvalue weighted by molar-refractivity contribution is 7.10. The third kappa shape index (κ3) is 4.48.